The van der Waals surface area contributed by atoms with E-state index in [2.05, 4.69) is 26.3 Å². The lowest BCUT2D eigenvalue weighted by Crippen LogP contribution is -2.45. The van der Waals surface area contributed by atoms with E-state index in [0.29, 0.717) is 10.6 Å². The molecule has 0 amide bonds. The zero-order chi connectivity index (χ0) is 28.6. The van der Waals surface area contributed by atoms with Crippen LogP contribution in [0.25, 0.3) is 5.57 Å². The van der Waals surface area contributed by atoms with Crippen LogP contribution in [0.4, 0.5) is 5.69 Å². The Morgan fingerprint density at radius 2 is 1.67 bits per heavy atom. The van der Waals surface area contributed by atoms with Crippen molar-refractivity contribution in [2.45, 2.75) is 56.3 Å². The van der Waals surface area contributed by atoms with Gasteiger partial charge in [-0.3, -0.25) is 0 Å². The van der Waals surface area contributed by atoms with Crippen LogP contribution in [0.5, 0.6) is 11.5 Å². The van der Waals surface area contributed by atoms with Crippen LogP contribution in [0.2, 0.25) is 5.02 Å². The van der Waals surface area contributed by atoms with Crippen LogP contribution in [0.3, 0.4) is 0 Å². The van der Waals surface area contributed by atoms with Gasteiger partial charge >= 0.3 is 0 Å². The number of nitrogens with two attached hydrogens (primary N) is 1. The first kappa shape index (κ1) is 26.7. The number of halogens is 1. The molecule has 0 saturated carbocycles. The summed E-state index contributed by atoms with van der Waals surface area (Å²) in [7, 11) is -3.88. The van der Waals surface area contributed by atoms with Crippen molar-refractivity contribution in [3.8, 4) is 11.5 Å². The third kappa shape index (κ3) is 4.06. The van der Waals surface area contributed by atoms with Gasteiger partial charge in [-0.25, -0.2) is 17.7 Å². The summed E-state index contributed by atoms with van der Waals surface area (Å²) >= 11 is 6.47. The second-order valence-corrected chi connectivity index (χ2v) is 14.3. The van der Waals surface area contributed by atoms with Crippen LogP contribution >= 0.6 is 11.6 Å². The highest BCUT2D eigenvalue weighted by atomic mass is 35.5. The fraction of sp³-hybridized carbons (Fsp3) is 0.424. The molecule has 0 spiro atoms. The van der Waals surface area contributed by atoms with Crippen LogP contribution in [-0.4, -0.2) is 47.7 Å². The smallest absolute Gasteiger partial charge is 0.241 e. The van der Waals surface area contributed by atoms with Crippen LogP contribution in [0.1, 0.15) is 59.1 Å². The zero-order valence-electron chi connectivity index (χ0n) is 23.8. The predicted molar refractivity (Wildman–Crippen MR) is 166 cm³/mol. The van der Waals surface area contributed by atoms with Crippen LogP contribution in [-0.2, 0) is 35.7 Å². The summed E-state index contributed by atoms with van der Waals surface area (Å²) in [4.78, 5) is 2.71. The lowest BCUT2D eigenvalue weighted by molar-refractivity contribution is 0.431. The molecule has 0 unspecified atom stereocenters. The van der Waals surface area contributed by atoms with E-state index < -0.39 is 10.0 Å². The minimum absolute atomic E-state index is 0.154. The van der Waals surface area contributed by atoms with E-state index >= 15 is 0 Å². The monoisotopic (exact) mass is 603 g/mol. The highest BCUT2D eigenvalue weighted by molar-refractivity contribution is 7.89. The van der Waals surface area contributed by atoms with E-state index in [1.54, 1.807) is 12.1 Å². The van der Waals surface area contributed by atoms with E-state index in [9.17, 15) is 8.42 Å². The number of nitrogens with one attached hydrogen (secondary N) is 1. The van der Waals surface area contributed by atoms with Gasteiger partial charge in [0.1, 0.15) is 24.6 Å². The molecule has 42 heavy (non-hydrogen) atoms. The van der Waals surface area contributed by atoms with Crippen molar-refractivity contribution in [1.82, 2.24) is 9.30 Å². The molecule has 0 saturated heterocycles. The number of hydrogen-bond acceptors (Lipinski definition) is 5. The molecule has 0 fully saturated rings. The highest BCUT2D eigenvalue weighted by Crippen LogP contribution is 2.49. The summed E-state index contributed by atoms with van der Waals surface area (Å²) < 4.78 is 39.8. The van der Waals surface area contributed by atoms with Gasteiger partial charge in [-0.15, -0.1) is 0 Å². The standard InChI is InChI=1S/C33H36ClN4O3S/c34-22-9-10-23(28(19-22)42(39,40)36-12-11-35)29-26-17-20-5-1-13-37-15-3-7-24(30(20)37)32(26)41-33-25-8-4-16-38-14-2-6-21(31(25)38)18-27(29)33/h9-10,17-19,36H,1-8,11-16,35H2/q+1. The number of benzene rings is 3. The Hall–Kier alpha value is -2.91. The van der Waals surface area contributed by atoms with Gasteiger partial charge in [0.15, 0.2) is 0 Å². The second kappa shape index (κ2) is 10.1. The van der Waals surface area contributed by atoms with E-state index in [1.807, 2.05) is 6.07 Å². The lowest BCUT2D eigenvalue weighted by Gasteiger charge is -2.39. The van der Waals surface area contributed by atoms with Crippen molar-refractivity contribution in [2.24, 2.45) is 5.73 Å². The molecule has 0 atom stereocenters. The van der Waals surface area contributed by atoms with Gasteiger partial charge in [0.2, 0.25) is 15.4 Å². The minimum Gasteiger partial charge on any atom is -0.455 e. The summed E-state index contributed by atoms with van der Waals surface area (Å²) in [5, 5.41) is 2.72. The van der Waals surface area contributed by atoms with Crippen LogP contribution < -0.4 is 35.2 Å². The molecule has 218 valence electrons. The molecule has 0 bridgehead atoms. The van der Waals surface area contributed by atoms with E-state index in [1.165, 1.54) is 33.3 Å². The number of anilines is 1. The molecule has 9 heteroatoms. The Kier molecular flexibility index (Phi) is 6.41. The molecule has 3 aromatic rings. The second-order valence-electron chi connectivity index (χ2n) is 12.2. The Balaban J connectivity index is 1.51. The lowest BCUT2D eigenvalue weighted by atomic mass is 9.82. The van der Waals surface area contributed by atoms with Gasteiger partial charge in [-0.1, -0.05) is 17.7 Å². The van der Waals surface area contributed by atoms with Gasteiger partial charge in [0.05, 0.1) is 10.5 Å². The molecule has 5 aliphatic heterocycles. The maximum absolute atomic E-state index is 13.8. The maximum Gasteiger partial charge on any atom is 0.241 e. The van der Waals surface area contributed by atoms with Crippen molar-refractivity contribution in [3.63, 3.8) is 0 Å². The number of ether oxygens (including phenoxy) is 1. The Bertz CT molecular complexity index is 1900. The minimum atomic E-state index is -3.88. The normalized spacial score (nSPS) is 18.6. The Labute approximate surface area is 251 Å². The number of sulfonamides is 1. The van der Waals surface area contributed by atoms with Gasteiger partial charge < -0.3 is 15.4 Å². The fourth-order valence-corrected chi connectivity index (χ4v) is 9.52. The van der Waals surface area contributed by atoms with Gasteiger partial charge in [-0.05, 0) is 68.4 Å². The summed E-state index contributed by atoms with van der Waals surface area (Å²) in [5.74, 6) is 1.81. The molecule has 0 radical (unpaired) electrons. The van der Waals surface area contributed by atoms with Crippen LogP contribution in [0.15, 0.2) is 35.2 Å². The first-order chi connectivity index (χ1) is 20.4. The molecule has 5 aliphatic rings. The Morgan fingerprint density at radius 1 is 0.905 bits per heavy atom. The number of hydrogen-bond donors (Lipinski definition) is 2. The number of rotatable bonds is 5. The molecular weight excluding hydrogens is 568 g/mol. The third-order valence-corrected chi connectivity index (χ3v) is 11.4. The third-order valence-electron chi connectivity index (χ3n) is 9.63. The van der Waals surface area contributed by atoms with Crippen molar-refractivity contribution >= 4 is 32.9 Å². The van der Waals surface area contributed by atoms with Crippen molar-refractivity contribution < 1.29 is 13.2 Å². The fourth-order valence-electron chi connectivity index (χ4n) is 8.00. The Morgan fingerprint density at radius 3 is 2.50 bits per heavy atom. The highest BCUT2D eigenvalue weighted by Gasteiger charge is 2.36. The molecule has 7 nitrogen and oxygen atoms in total. The number of fused-ring (bicyclic) bond motifs is 4. The van der Waals surface area contributed by atoms with Crippen molar-refractivity contribution in [2.75, 3.05) is 44.2 Å². The molecule has 0 aliphatic carbocycles. The maximum atomic E-state index is 13.8. The largest absolute Gasteiger partial charge is 0.455 e. The molecule has 3 aromatic carbocycles. The van der Waals surface area contributed by atoms with E-state index in [4.69, 9.17) is 22.1 Å². The molecule has 5 heterocycles. The topological polar surface area (TPSA) is 87.7 Å². The molecule has 8 rings (SSSR count). The van der Waals surface area contributed by atoms with Gasteiger partial charge in [-0.2, -0.15) is 0 Å². The number of aryl methyl sites for hydroxylation is 2. The van der Waals surface area contributed by atoms with Gasteiger partial charge in [0.25, 0.3) is 0 Å². The SMILES string of the molecule is NCCNS(=O)(=O)c1cc(Cl)ccc1C1=c2cc3c4c(c2Oc2c1cc1c5c2CCCN5CCC1)CCC[N+]=4CCC3. The predicted octanol–water partition coefficient (Wildman–Crippen LogP) is 3.01. The first-order valence-electron chi connectivity index (χ1n) is 15.4. The summed E-state index contributed by atoms with van der Waals surface area (Å²) in [6, 6.07) is 9.84. The quantitative estimate of drug-likeness (QED) is 0.343. The van der Waals surface area contributed by atoms with E-state index in [-0.39, 0.29) is 18.0 Å². The van der Waals surface area contributed by atoms with E-state index in [0.717, 1.165) is 105 Å². The van der Waals surface area contributed by atoms with Crippen molar-refractivity contribution in [1.29, 1.82) is 0 Å². The molecule has 0 aromatic heterocycles. The zero-order valence-corrected chi connectivity index (χ0v) is 25.3. The average Bonchev–Trinajstić information content (AvgIpc) is 3.00. The molecular formula is C33H36ClN4O3S+. The summed E-state index contributed by atoms with van der Waals surface area (Å²) in [6.45, 7) is 4.67. The van der Waals surface area contributed by atoms with Crippen LogP contribution in [0, 0.1) is 0 Å². The summed E-state index contributed by atoms with van der Waals surface area (Å²) in [6.07, 6.45) is 8.36. The summed E-state index contributed by atoms with van der Waals surface area (Å²) in [5.41, 5.74) is 14.8. The average molecular weight is 604 g/mol. The first-order valence-corrected chi connectivity index (χ1v) is 17.2. The molecule has 3 N–H and O–H groups in total. The number of nitrogens with zero attached hydrogens (tertiary/aromatic N) is 2. The van der Waals surface area contributed by atoms with Crippen molar-refractivity contribution in [3.05, 3.63) is 79.3 Å². The van der Waals surface area contributed by atoms with Gasteiger partial charge in [0, 0.05) is 82.8 Å².